The van der Waals surface area contributed by atoms with Gasteiger partial charge in [-0.3, -0.25) is 4.90 Å². The molecule has 0 aromatic carbocycles. The van der Waals surface area contributed by atoms with Crippen molar-refractivity contribution in [1.82, 2.24) is 10.2 Å². The molecule has 104 valence electrons. The average Bonchev–Trinajstić information content (AvgIpc) is 3.13. The molecule has 0 amide bonds. The highest BCUT2D eigenvalue weighted by molar-refractivity contribution is 5.76. The van der Waals surface area contributed by atoms with Crippen molar-refractivity contribution in [2.45, 2.75) is 44.2 Å². The molecule has 1 aliphatic carbocycles. The number of carboxylic acids is 1. The van der Waals surface area contributed by atoms with Crippen molar-refractivity contribution in [2.75, 3.05) is 26.2 Å². The second-order valence-corrected chi connectivity index (χ2v) is 5.95. The molecule has 1 heterocycles. The summed E-state index contributed by atoms with van der Waals surface area (Å²) in [5.74, 6) is -0.543. The Kier molecular flexibility index (Phi) is 4.25. The van der Waals surface area contributed by atoms with Crippen LogP contribution in [0.2, 0.25) is 0 Å². The van der Waals surface area contributed by atoms with Crippen LogP contribution in [0.5, 0.6) is 0 Å². The molecule has 5 nitrogen and oxygen atoms in total. The standard InChI is InChI=1S/C13H24N2O3/c1-13(18,12(16)17)9-15(11-4-5-11)8-10-3-2-6-14-7-10/h10-11,14,18H,2-9H2,1H3,(H,16,17). The van der Waals surface area contributed by atoms with Gasteiger partial charge in [-0.05, 0) is 51.6 Å². The number of nitrogens with zero attached hydrogens (tertiary/aromatic N) is 1. The van der Waals surface area contributed by atoms with Crippen LogP contribution in [0.15, 0.2) is 0 Å². The third-order valence-electron chi connectivity index (χ3n) is 3.93. The molecule has 0 spiro atoms. The molecule has 2 aliphatic rings. The molecule has 1 aliphatic heterocycles. The lowest BCUT2D eigenvalue weighted by Gasteiger charge is -2.33. The van der Waals surface area contributed by atoms with Crippen molar-refractivity contribution in [1.29, 1.82) is 0 Å². The van der Waals surface area contributed by atoms with Gasteiger partial charge in [0.25, 0.3) is 0 Å². The minimum absolute atomic E-state index is 0.240. The molecule has 1 saturated heterocycles. The van der Waals surface area contributed by atoms with Crippen LogP contribution < -0.4 is 5.32 Å². The predicted octanol–water partition coefficient (Wildman–Crippen LogP) is 0.286. The molecule has 2 unspecified atom stereocenters. The van der Waals surface area contributed by atoms with E-state index < -0.39 is 11.6 Å². The fourth-order valence-electron chi connectivity index (χ4n) is 2.66. The number of carboxylic acid groups (broad SMARTS) is 1. The molecule has 0 bridgehead atoms. The van der Waals surface area contributed by atoms with E-state index in [0.29, 0.717) is 12.0 Å². The molecular weight excluding hydrogens is 232 g/mol. The van der Waals surface area contributed by atoms with Gasteiger partial charge in [0.15, 0.2) is 5.60 Å². The normalized spacial score (nSPS) is 28.1. The summed E-state index contributed by atoms with van der Waals surface area (Å²) in [5, 5.41) is 22.3. The Labute approximate surface area is 108 Å². The third kappa shape index (κ3) is 3.67. The summed E-state index contributed by atoms with van der Waals surface area (Å²) in [6, 6.07) is 0.484. The van der Waals surface area contributed by atoms with Crippen LogP contribution in [-0.2, 0) is 4.79 Å². The van der Waals surface area contributed by atoms with Gasteiger partial charge in [0.05, 0.1) is 0 Å². The second kappa shape index (κ2) is 5.55. The Hall–Kier alpha value is -0.650. The van der Waals surface area contributed by atoms with E-state index in [4.69, 9.17) is 5.11 Å². The molecule has 1 saturated carbocycles. The summed E-state index contributed by atoms with van der Waals surface area (Å²) in [6.07, 6.45) is 4.66. The third-order valence-corrected chi connectivity index (χ3v) is 3.93. The fourth-order valence-corrected chi connectivity index (χ4v) is 2.66. The number of rotatable bonds is 6. The maximum Gasteiger partial charge on any atom is 0.336 e. The highest BCUT2D eigenvalue weighted by Gasteiger charge is 2.38. The topological polar surface area (TPSA) is 72.8 Å². The van der Waals surface area contributed by atoms with Crippen molar-refractivity contribution in [3.63, 3.8) is 0 Å². The summed E-state index contributed by atoms with van der Waals surface area (Å²) in [4.78, 5) is 13.2. The van der Waals surface area contributed by atoms with E-state index in [1.54, 1.807) is 0 Å². The molecule has 0 aromatic heterocycles. The van der Waals surface area contributed by atoms with E-state index in [0.717, 1.165) is 32.5 Å². The van der Waals surface area contributed by atoms with E-state index in [1.165, 1.54) is 19.8 Å². The zero-order chi connectivity index (χ0) is 13.2. The first-order valence-corrected chi connectivity index (χ1v) is 6.89. The van der Waals surface area contributed by atoms with Crippen molar-refractivity contribution in [3.8, 4) is 0 Å². The molecule has 0 aromatic rings. The van der Waals surface area contributed by atoms with Crippen LogP contribution in [0.1, 0.15) is 32.6 Å². The molecule has 2 fully saturated rings. The maximum absolute atomic E-state index is 11.0. The largest absolute Gasteiger partial charge is 0.479 e. The Morgan fingerprint density at radius 2 is 2.17 bits per heavy atom. The number of aliphatic carboxylic acids is 1. The van der Waals surface area contributed by atoms with E-state index in [9.17, 15) is 9.90 Å². The summed E-state index contributed by atoms with van der Waals surface area (Å²) < 4.78 is 0. The lowest BCUT2D eigenvalue weighted by Crippen LogP contribution is -2.50. The summed E-state index contributed by atoms with van der Waals surface area (Å²) in [6.45, 7) is 4.64. The van der Waals surface area contributed by atoms with Gasteiger partial charge in [-0.2, -0.15) is 0 Å². The van der Waals surface area contributed by atoms with Gasteiger partial charge < -0.3 is 15.5 Å². The van der Waals surface area contributed by atoms with Crippen LogP contribution in [0.3, 0.4) is 0 Å². The summed E-state index contributed by atoms with van der Waals surface area (Å²) in [7, 11) is 0. The van der Waals surface area contributed by atoms with Gasteiger partial charge in [-0.15, -0.1) is 0 Å². The first-order valence-electron chi connectivity index (χ1n) is 6.89. The predicted molar refractivity (Wildman–Crippen MR) is 68.4 cm³/mol. The van der Waals surface area contributed by atoms with E-state index in [-0.39, 0.29) is 6.54 Å². The van der Waals surface area contributed by atoms with E-state index in [1.807, 2.05) is 0 Å². The van der Waals surface area contributed by atoms with Crippen LogP contribution in [-0.4, -0.2) is 58.9 Å². The Balaban J connectivity index is 1.89. The number of carbonyl (C=O) groups is 1. The minimum Gasteiger partial charge on any atom is -0.479 e. The fraction of sp³-hybridized carbons (Fsp3) is 0.923. The first-order chi connectivity index (χ1) is 8.49. The van der Waals surface area contributed by atoms with Gasteiger partial charge >= 0.3 is 5.97 Å². The van der Waals surface area contributed by atoms with Crippen molar-refractivity contribution < 1.29 is 15.0 Å². The lowest BCUT2D eigenvalue weighted by atomic mass is 9.98. The number of piperidine rings is 1. The van der Waals surface area contributed by atoms with E-state index >= 15 is 0 Å². The molecule has 2 rings (SSSR count). The van der Waals surface area contributed by atoms with Crippen molar-refractivity contribution in [2.24, 2.45) is 5.92 Å². The molecule has 18 heavy (non-hydrogen) atoms. The highest BCUT2D eigenvalue weighted by atomic mass is 16.4. The van der Waals surface area contributed by atoms with Crippen molar-refractivity contribution >= 4 is 5.97 Å². The SMILES string of the molecule is CC(O)(CN(CC1CCCNC1)C1CC1)C(=O)O. The van der Waals surface area contributed by atoms with Gasteiger partial charge in [0.1, 0.15) is 0 Å². The average molecular weight is 256 g/mol. The number of hydrogen-bond donors (Lipinski definition) is 3. The van der Waals surface area contributed by atoms with Gasteiger partial charge in [-0.25, -0.2) is 4.79 Å². The second-order valence-electron chi connectivity index (χ2n) is 5.95. The zero-order valence-electron chi connectivity index (χ0n) is 11.1. The van der Waals surface area contributed by atoms with Crippen LogP contribution in [0.4, 0.5) is 0 Å². The Morgan fingerprint density at radius 3 is 2.67 bits per heavy atom. The van der Waals surface area contributed by atoms with Crippen LogP contribution >= 0.6 is 0 Å². The molecule has 5 heteroatoms. The van der Waals surface area contributed by atoms with Crippen LogP contribution in [0.25, 0.3) is 0 Å². The van der Waals surface area contributed by atoms with Gasteiger partial charge in [-0.1, -0.05) is 0 Å². The molecule has 0 radical (unpaired) electrons. The number of hydrogen-bond acceptors (Lipinski definition) is 4. The zero-order valence-corrected chi connectivity index (χ0v) is 11.1. The van der Waals surface area contributed by atoms with Gasteiger partial charge in [0, 0.05) is 19.1 Å². The maximum atomic E-state index is 11.0. The van der Waals surface area contributed by atoms with Crippen molar-refractivity contribution in [3.05, 3.63) is 0 Å². The lowest BCUT2D eigenvalue weighted by molar-refractivity contribution is -0.158. The Morgan fingerprint density at radius 1 is 1.44 bits per heavy atom. The summed E-state index contributed by atoms with van der Waals surface area (Å²) >= 11 is 0. The highest BCUT2D eigenvalue weighted by Crippen LogP contribution is 2.29. The molecule has 2 atom stereocenters. The number of nitrogens with one attached hydrogen (secondary N) is 1. The van der Waals surface area contributed by atoms with E-state index in [2.05, 4.69) is 10.2 Å². The molecular formula is C13H24N2O3. The summed E-state index contributed by atoms with van der Waals surface area (Å²) in [5.41, 5.74) is -1.63. The van der Waals surface area contributed by atoms with Crippen LogP contribution in [0, 0.1) is 5.92 Å². The number of aliphatic hydroxyl groups is 1. The molecule has 3 N–H and O–H groups in total. The van der Waals surface area contributed by atoms with Gasteiger partial charge in [0.2, 0.25) is 0 Å². The quantitative estimate of drug-likeness (QED) is 0.637. The minimum atomic E-state index is -1.63. The first kappa shape index (κ1) is 13.8. The smallest absolute Gasteiger partial charge is 0.336 e. The monoisotopic (exact) mass is 256 g/mol. The Bertz CT molecular complexity index is 297.